The molecule has 0 radical (unpaired) electrons. The molecule has 1 aliphatic heterocycles. The number of ether oxygens (including phenoxy) is 1. The van der Waals surface area contributed by atoms with E-state index in [2.05, 4.69) is 37.1 Å². The summed E-state index contributed by atoms with van der Waals surface area (Å²) in [5.74, 6) is 1.65. The molecule has 1 aromatic carbocycles. The first-order valence-corrected chi connectivity index (χ1v) is 6.82. The minimum absolute atomic E-state index is 0.573. The highest BCUT2D eigenvalue weighted by Crippen LogP contribution is 2.25. The minimum Gasteiger partial charge on any atom is -0.493 e. The van der Waals surface area contributed by atoms with Crippen LogP contribution in [0.2, 0.25) is 0 Å². The molecule has 0 aliphatic carbocycles. The van der Waals surface area contributed by atoms with Crippen LogP contribution in [-0.2, 0) is 12.8 Å². The fourth-order valence-corrected chi connectivity index (χ4v) is 2.41. The first-order chi connectivity index (χ1) is 8.69. The van der Waals surface area contributed by atoms with E-state index in [1.54, 1.807) is 0 Å². The van der Waals surface area contributed by atoms with Crippen molar-refractivity contribution in [2.24, 2.45) is 11.7 Å². The van der Waals surface area contributed by atoms with E-state index in [1.165, 1.54) is 11.1 Å². The van der Waals surface area contributed by atoms with Gasteiger partial charge in [-0.3, -0.25) is 0 Å². The van der Waals surface area contributed by atoms with Crippen molar-refractivity contribution < 1.29 is 4.74 Å². The van der Waals surface area contributed by atoms with Crippen LogP contribution in [0.4, 0.5) is 0 Å². The van der Waals surface area contributed by atoms with Crippen LogP contribution in [-0.4, -0.2) is 38.2 Å². The molecule has 1 unspecified atom stereocenters. The summed E-state index contributed by atoms with van der Waals surface area (Å²) >= 11 is 0. The highest BCUT2D eigenvalue weighted by atomic mass is 16.5. The van der Waals surface area contributed by atoms with Crippen LogP contribution in [0.3, 0.4) is 0 Å². The number of hydrogen-bond acceptors (Lipinski definition) is 3. The van der Waals surface area contributed by atoms with Crippen LogP contribution in [0, 0.1) is 5.92 Å². The Morgan fingerprint density at radius 1 is 1.44 bits per heavy atom. The molecule has 0 bridgehead atoms. The van der Waals surface area contributed by atoms with Crippen LogP contribution in [0.1, 0.15) is 18.1 Å². The van der Waals surface area contributed by atoms with E-state index in [-0.39, 0.29) is 0 Å². The van der Waals surface area contributed by atoms with Gasteiger partial charge in [-0.1, -0.05) is 19.1 Å². The second kappa shape index (κ2) is 6.21. The van der Waals surface area contributed by atoms with Gasteiger partial charge in [0.25, 0.3) is 0 Å². The molecular formula is C15H24N2O. The van der Waals surface area contributed by atoms with Crippen LogP contribution < -0.4 is 10.5 Å². The summed E-state index contributed by atoms with van der Waals surface area (Å²) in [6, 6.07) is 6.59. The molecule has 1 aromatic rings. The van der Waals surface area contributed by atoms with Gasteiger partial charge in [-0.05, 0) is 43.1 Å². The van der Waals surface area contributed by atoms with Gasteiger partial charge in [-0.15, -0.1) is 0 Å². The van der Waals surface area contributed by atoms with E-state index >= 15 is 0 Å². The predicted molar refractivity (Wildman–Crippen MR) is 75.1 cm³/mol. The fraction of sp³-hybridized carbons (Fsp3) is 0.600. The van der Waals surface area contributed by atoms with Crippen LogP contribution in [0.15, 0.2) is 18.2 Å². The standard InChI is InChI=1S/C15H24N2O/c1-12(10-16)11-17(2)7-5-13-3-4-15-14(9-13)6-8-18-15/h3-4,9,12H,5-8,10-11,16H2,1-2H3. The normalized spacial score (nSPS) is 15.6. The van der Waals surface area contributed by atoms with E-state index in [1.807, 2.05) is 0 Å². The van der Waals surface area contributed by atoms with Crippen LogP contribution in [0.5, 0.6) is 5.75 Å². The lowest BCUT2D eigenvalue weighted by Gasteiger charge is -2.20. The summed E-state index contributed by atoms with van der Waals surface area (Å²) < 4.78 is 5.52. The number of hydrogen-bond donors (Lipinski definition) is 1. The van der Waals surface area contributed by atoms with Gasteiger partial charge >= 0.3 is 0 Å². The van der Waals surface area contributed by atoms with Crippen molar-refractivity contribution in [3.8, 4) is 5.75 Å². The maximum atomic E-state index is 5.65. The Hall–Kier alpha value is -1.06. The fourth-order valence-electron chi connectivity index (χ4n) is 2.41. The van der Waals surface area contributed by atoms with E-state index < -0.39 is 0 Å². The maximum absolute atomic E-state index is 5.65. The van der Waals surface area contributed by atoms with Crippen molar-refractivity contribution in [3.05, 3.63) is 29.3 Å². The smallest absolute Gasteiger partial charge is 0.122 e. The lowest BCUT2D eigenvalue weighted by atomic mass is 10.1. The predicted octanol–water partition coefficient (Wildman–Crippen LogP) is 1.69. The number of rotatable bonds is 6. The quantitative estimate of drug-likeness (QED) is 0.832. The SMILES string of the molecule is CC(CN)CN(C)CCc1ccc2c(c1)CCO2. The number of benzene rings is 1. The summed E-state index contributed by atoms with van der Waals surface area (Å²) in [5.41, 5.74) is 8.42. The maximum Gasteiger partial charge on any atom is 0.122 e. The second-order valence-corrected chi connectivity index (χ2v) is 5.39. The molecule has 3 heteroatoms. The Labute approximate surface area is 110 Å². The lowest BCUT2D eigenvalue weighted by molar-refractivity contribution is 0.292. The van der Waals surface area contributed by atoms with E-state index in [0.717, 1.165) is 44.8 Å². The number of nitrogens with two attached hydrogens (primary N) is 1. The molecule has 2 N–H and O–H groups in total. The van der Waals surface area contributed by atoms with Crippen LogP contribution >= 0.6 is 0 Å². The molecule has 0 spiro atoms. The summed E-state index contributed by atoms with van der Waals surface area (Å²) in [6.07, 6.45) is 2.16. The Bertz CT molecular complexity index is 392. The van der Waals surface area contributed by atoms with Gasteiger partial charge in [0.05, 0.1) is 6.61 Å². The monoisotopic (exact) mass is 248 g/mol. The summed E-state index contributed by atoms with van der Waals surface area (Å²) in [5, 5.41) is 0. The van der Waals surface area contributed by atoms with Gasteiger partial charge in [-0.2, -0.15) is 0 Å². The van der Waals surface area contributed by atoms with Crippen LogP contribution in [0.25, 0.3) is 0 Å². The van der Waals surface area contributed by atoms with Gasteiger partial charge in [0, 0.05) is 19.5 Å². The summed E-state index contributed by atoms with van der Waals surface area (Å²) in [6.45, 7) is 5.96. The van der Waals surface area contributed by atoms with Gasteiger partial charge < -0.3 is 15.4 Å². The zero-order chi connectivity index (χ0) is 13.0. The zero-order valence-electron chi connectivity index (χ0n) is 11.5. The van der Waals surface area contributed by atoms with Crippen molar-refractivity contribution in [2.75, 3.05) is 33.3 Å². The molecule has 3 nitrogen and oxygen atoms in total. The zero-order valence-corrected chi connectivity index (χ0v) is 11.5. The molecule has 1 heterocycles. The highest BCUT2D eigenvalue weighted by molar-refractivity contribution is 5.39. The molecular weight excluding hydrogens is 224 g/mol. The molecule has 0 saturated carbocycles. The average Bonchev–Trinajstić information content (AvgIpc) is 2.83. The van der Waals surface area contributed by atoms with Gasteiger partial charge in [0.2, 0.25) is 0 Å². The molecule has 100 valence electrons. The van der Waals surface area contributed by atoms with Crippen molar-refractivity contribution in [1.29, 1.82) is 0 Å². The molecule has 0 aromatic heterocycles. The van der Waals surface area contributed by atoms with Crippen molar-refractivity contribution in [1.82, 2.24) is 4.90 Å². The Balaban J connectivity index is 1.83. The number of fused-ring (bicyclic) bond motifs is 1. The summed E-state index contributed by atoms with van der Waals surface area (Å²) in [7, 11) is 2.17. The van der Waals surface area contributed by atoms with Gasteiger partial charge in [0.1, 0.15) is 5.75 Å². The molecule has 1 aliphatic rings. The van der Waals surface area contributed by atoms with Crippen molar-refractivity contribution >= 4 is 0 Å². The first-order valence-electron chi connectivity index (χ1n) is 6.82. The molecule has 0 amide bonds. The Morgan fingerprint density at radius 3 is 3.06 bits per heavy atom. The molecule has 0 fully saturated rings. The number of likely N-dealkylation sites (N-methyl/N-ethyl adjacent to an activating group) is 1. The van der Waals surface area contributed by atoms with E-state index in [4.69, 9.17) is 10.5 Å². The van der Waals surface area contributed by atoms with Gasteiger partial charge in [-0.25, -0.2) is 0 Å². The highest BCUT2D eigenvalue weighted by Gasteiger charge is 2.12. The van der Waals surface area contributed by atoms with Crippen molar-refractivity contribution in [3.63, 3.8) is 0 Å². The molecule has 0 saturated heterocycles. The Morgan fingerprint density at radius 2 is 2.28 bits per heavy atom. The molecule has 2 rings (SSSR count). The van der Waals surface area contributed by atoms with Crippen molar-refractivity contribution in [2.45, 2.75) is 19.8 Å². The minimum atomic E-state index is 0.573. The third-order valence-corrected chi connectivity index (χ3v) is 3.56. The number of nitrogens with zero attached hydrogens (tertiary/aromatic N) is 1. The second-order valence-electron chi connectivity index (χ2n) is 5.39. The lowest BCUT2D eigenvalue weighted by Crippen LogP contribution is -2.29. The summed E-state index contributed by atoms with van der Waals surface area (Å²) in [4.78, 5) is 2.36. The largest absolute Gasteiger partial charge is 0.493 e. The third kappa shape index (κ3) is 3.47. The average molecular weight is 248 g/mol. The first kappa shape index (κ1) is 13.4. The Kier molecular flexibility index (Phi) is 4.61. The molecule has 1 atom stereocenters. The third-order valence-electron chi connectivity index (χ3n) is 3.56. The van der Waals surface area contributed by atoms with Gasteiger partial charge in [0.15, 0.2) is 0 Å². The van der Waals surface area contributed by atoms with E-state index in [9.17, 15) is 0 Å². The molecule has 18 heavy (non-hydrogen) atoms. The topological polar surface area (TPSA) is 38.5 Å². The van der Waals surface area contributed by atoms with E-state index in [0.29, 0.717) is 5.92 Å².